The molecule has 0 fully saturated rings. The van der Waals surface area contributed by atoms with E-state index in [1.807, 2.05) is 0 Å². The van der Waals surface area contributed by atoms with E-state index in [1.54, 1.807) is 0 Å². The van der Waals surface area contributed by atoms with Crippen LogP contribution in [0.25, 0.3) is 0 Å². The molecule has 29 valence electrons. The van der Waals surface area contributed by atoms with E-state index in [0.29, 0.717) is 0 Å². The Morgan fingerprint density at radius 1 is 1.20 bits per heavy atom. The fourth-order valence-corrected chi connectivity index (χ4v) is 0. The first-order valence-corrected chi connectivity index (χ1v) is 10.2. The average molecular weight is 173 g/mol. The molecule has 0 aromatic carbocycles. The summed E-state index contributed by atoms with van der Waals surface area (Å²) < 4.78 is 27.7. The van der Waals surface area contributed by atoms with Gasteiger partial charge in [-0.15, -0.1) is 0 Å². The Balaban J connectivity index is 4.87. The van der Waals surface area contributed by atoms with Crippen molar-refractivity contribution in [2.45, 2.75) is 0 Å². The standard InChI is InChI=1S/Al.Mo.3O.2H. The van der Waals surface area contributed by atoms with Crippen molar-refractivity contribution >= 4 is 13.6 Å². The molecule has 0 radical (unpaired) electrons. The second kappa shape index (κ2) is 1.38. The zero-order chi connectivity index (χ0) is 4.50. The summed E-state index contributed by atoms with van der Waals surface area (Å²) in [5, 5.41) is 0. The summed E-state index contributed by atoms with van der Waals surface area (Å²) in [7, 11) is 0. The second-order valence-corrected chi connectivity index (χ2v) is 10.1. The molecule has 0 aliphatic carbocycles. The summed E-state index contributed by atoms with van der Waals surface area (Å²) in [5.74, 6) is 0. The van der Waals surface area contributed by atoms with Crippen LogP contribution < -0.4 is 0 Å². The van der Waals surface area contributed by atoms with E-state index in [9.17, 15) is 10.2 Å². The van der Waals surface area contributed by atoms with E-state index in [4.69, 9.17) is 0 Å². The van der Waals surface area contributed by atoms with E-state index in [0.717, 1.165) is 0 Å². The Bertz CT molecular complexity index is 128. The van der Waals surface area contributed by atoms with Crippen LogP contribution in [-0.4, -0.2) is 13.6 Å². The van der Waals surface area contributed by atoms with Gasteiger partial charge in [0.05, 0.1) is 0 Å². The number of rotatable bonds is 0. The van der Waals surface area contributed by atoms with E-state index in [2.05, 4.69) is 0 Å². The van der Waals surface area contributed by atoms with Crippen LogP contribution in [0.3, 0.4) is 0 Å². The van der Waals surface area contributed by atoms with Gasteiger partial charge in [0.25, 0.3) is 0 Å². The molecule has 5 heavy (non-hydrogen) atoms. The van der Waals surface area contributed by atoms with E-state index in [-0.39, 0.29) is 13.6 Å². The summed E-state index contributed by atoms with van der Waals surface area (Å²) in [6.45, 7) is 0. The van der Waals surface area contributed by atoms with Gasteiger partial charge in [0.1, 0.15) is 0 Å². The van der Waals surface area contributed by atoms with Crippen molar-refractivity contribution in [3.05, 3.63) is 0 Å². The zero-order valence-electron chi connectivity index (χ0n) is 2.63. The van der Waals surface area contributed by atoms with Gasteiger partial charge >= 0.3 is 37.6 Å². The monoisotopic (exact) mass is 175 g/mol. The minimum absolute atomic E-state index is 0.169. The molecule has 0 heterocycles. The van der Waals surface area contributed by atoms with Gasteiger partial charge in [-0.1, -0.05) is 0 Å². The third-order valence-electron chi connectivity index (χ3n) is 0. The van der Waals surface area contributed by atoms with Crippen LogP contribution in [0.2, 0.25) is 0 Å². The Morgan fingerprint density at radius 2 is 1.20 bits per heavy atom. The van der Waals surface area contributed by atoms with Crippen molar-refractivity contribution in [3.8, 4) is 0 Å². The molecule has 0 rings (SSSR count). The first-order valence-electron chi connectivity index (χ1n) is 0.908. The van der Waals surface area contributed by atoms with E-state index in [1.165, 1.54) is 0 Å². The molecular formula is H2AlMoO3. The molecule has 0 bridgehead atoms. The summed E-state index contributed by atoms with van der Waals surface area (Å²) in [6.07, 6.45) is 0. The first-order chi connectivity index (χ1) is 2.00. The molecular weight excluding hydrogens is 171 g/mol. The normalized spacial score (nSPS) is 11.2. The molecule has 0 spiro atoms. The SMILES string of the molecule is [O]=[Mo](=[O])(=[O])[AlH2]. The van der Waals surface area contributed by atoms with Gasteiger partial charge in [0.2, 0.25) is 0 Å². The van der Waals surface area contributed by atoms with E-state index < -0.39 is 13.8 Å². The van der Waals surface area contributed by atoms with E-state index >= 15 is 0 Å². The Morgan fingerprint density at radius 3 is 1.20 bits per heavy atom. The van der Waals surface area contributed by atoms with Crippen LogP contribution in [0, 0.1) is 0 Å². The third kappa shape index (κ3) is 82.4. The average Bonchev–Trinajstić information content (AvgIpc) is 0.722. The Labute approximate surface area is 37.8 Å². The number of hydrogen-bond acceptors (Lipinski definition) is 3. The second-order valence-electron chi connectivity index (χ2n) is 0.704. The molecule has 0 aliphatic rings. The van der Waals surface area contributed by atoms with Crippen molar-refractivity contribution in [3.63, 3.8) is 0 Å². The van der Waals surface area contributed by atoms with Gasteiger partial charge in [-0.3, -0.25) is 0 Å². The molecule has 5 heteroatoms. The third-order valence-corrected chi connectivity index (χ3v) is 0. The fraction of sp³-hybridized carbons (Fsp3) is 0. The molecule has 0 aromatic rings. The van der Waals surface area contributed by atoms with Gasteiger partial charge in [-0.05, 0) is 0 Å². The topological polar surface area (TPSA) is 51.2 Å². The maximum atomic E-state index is 9.24. The van der Waals surface area contributed by atoms with Crippen molar-refractivity contribution in [2.75, 3.05) is 0 Å². The van der Waals surface area contributed by atoms with Gasteiger partial charge in [-0.2, -0.15) is 0 Å². The quantitative estimate of drug-likeness (QED) is 0.429. The van der Waals surface area contributed by atoms with Crippen LogP contribution in [0.15, 0.2) is 0 Å². The van der Waals surface area contributed by atoms with Crippen LogP contribution >= 0.6 is 0 Å². The van der Waals surface area contributed by atoms with Gasteiger partial charge in [-0.25, -0.2) is 0 Å². The molecule has 0 amide bonds. The predicted molar refractivity (Wildman–Crippen MR) is 10.6 cm³/mol. The minimum atomic E-state index is -4.63. The predicted octanol–water partition coefficient (Wildman–Crippen LogP) is -1.28. The molecule has 0 saturated carbocycles. The molecule has 0 aromatic heterocycles. The van der Waals surface area contributed by atoms with Crippen LogP contribution in [0.4, 0.5) is 0 Å². The van der Waals surface area contributed by atoms with Crippen LogP contribution in [-0.2, 0) is 24.0 Å². The Kier molecular flexibility index (Phi) is 1.55. The zero-order valence-corrected chi connectivity index (χ0v) is 6.64. The van der Waals surface area contributed by atoms with Crippen molar-refractivity contribution in [1.29, 1.82) is 0 Å². The fourth-order valence-electron chi connectivity index (χ4n) is 0. The summed E-state index contributed by atoms with van der Waals surface area (Å²) in [5.41, 5.74) is 0. The molecule has 0 N–H and O–H groups in total. The molecule has 0 unspecified atom stereocenters. The molecule has 0 atom stereocenters. The summed E-state index contributed by atoms with van der Waals surface area (Å²) >= 11 is -4.80. The maximum absolute atomic E-state index is 9.24. The Hall–Kier alpha value is 0.621. The summed E-state index contributed by atoms with van der Waals surface area (Å²) in [6, 6.07) is 0. The van der Waals surface area contributed by atoms with Crippen LogP contribution in [0.5, 0.6) is 0 Å². The molecule has 3 nitrogen and oxygen atoms in total. The van der Waals surface area contributed by atoms with Crippen molar-refractivity contribution < 1.29 is 24.0 Å². The van der Waals surface area contributed by atoms with Gasteiger partial charge in [0.15, 0.2) is 0 Å². The first kappa shape index (κ1) is 5.62. The summed E-state index contributed by atoms with van der Waals surface area (Å²) in [4.78, 5) is 0. The van der Waals surface area contributed by atoms with Gasteiger partial charge < -0.3 is 0 Å². The van der Waals surface area contributed by atoms with Gasteiger partial charge in [0, 0.05) is 0 Å². The van der Waals surface area contributed by atoms with Crippen LogP contribution in [0.1, 0.15) is 0 Å². The molecule has 0 saturated heterocycles. The van der Waals surface area contributed by atoms with Crippen molar-refractivity contribution in [1.82, 2.24) is 0 Å². The number of hydrogen-bond donors (Lipinski definition) is 0. The molecule has 0 aliphatic heterocycles. The van der Waals surface area contributed by atoms with Crippen molar-refractivity contribution in [2.24, 2.45) is 0 Å².